The third-order valence-electron chi connectivity index (χ3n) is 5.10. The Bertz CT molecular complexity index is 1210. The van der Waals surface area contributed by atoms with Gasteiger partial charge in [-0.15, -0.1) is 0 Å². The number of methoxy groups -OCH3 is 1. The molecule has 0 aliphatic carbocycles. The molecule has 1 unspecified atom stereocenters. The molecule has 1 amide bonds. The Hall–Kier alpha value is -3.43. The van der Waals surface area contributed by atoms with E-state index in [1.807, 2.05) is 43.3 Å². The van der Waals surface area contributed by atoms with Gasteiger partial charge < -0.3 is 15.0 Å². The number of anilines is 1. The summed E-state index contributed by atoms with van der Waals surface area (Å²) < 4.78 is 46.4. The van der Waals surface area contributed by atoms with Crippen LogP contribution in [0.25, 0.3) is 0 Å². The normalized spacial score (nSPS) is 12.3. The van der Waals surface area contributed by atoms with E-state index in [2.05, 4.69) is 10.0 Å². The van der Waals surface area contributed by atoms with E-state index < -0.39 is 15.8 Å². The number of halogens is 1. The smallest absolute Gasteiger partial charge is 0.261 e. The minimum Gasteiger partial charge on any atom is -0.497 e. The number of carbonyl (C=O) groups is 1. The van der Waals surface area contributed by atoms with E-state index in [1.165, 1.54) is 42.5 Å². The molecule has 0 bridgehead atoms. The summed E-state index contributed by atoms with van der Waals surface area (Å²) in [6.07, 6.45) is 0. The molecule has 0 fully saturated rings. The molecule has 3 aromatic rings. The average molecular weight is 472 g/mol. The van der Waals surface area contributed by atoms with Gasteiger partial charge in [-0.3, -0.25) is 9.52 Å². The van der Waals surface area contributed by atoms with Gasteiger partial charge in [0.1, 0.15) is 11.6 Å². The molecule has 0 aliphatic heterocycles. The van der Waals surface area contributed by atoms with Gasteiger partial charge in [0.15, 0.2) is 0 Å². The molecule has 7 nitrogen and oxygen atoms in total. The molecule has 0 spiro atoms. The van der Waals surface area contributed by atoms with Crippen molar-refractivity contribution in [3.63, 3.8) is 0 Å². The highest BCUT2D eigenvalue weighted by molar-refractivity contribution is 7.92. The van der Waals surface area contributed by atoms with Crippen LogP contribution in [0.1, 0.15) is 22.0 Å². The van der Waals surface area contributed by atoms with E-state index in [1.54, 1.807) is 7.11 Å². The number of carbonyl (C=O) groups excluding carboxylic acids is 1. The lowest BCUT2D eigenvalue weighted by Crippen LogP contribution is -2.34. The summed E-state index contributed by atoms with van der Waals surface area (Å²) >= 11 is 0. The summed E-state index contributed by atoms with van der Waals surface area (Å²) in [5.41, 5.74) is 1.15. The Morgan fingerprint density at radius 2 is 1.73 bits per heavy atom. The van der Waals surface area contributed by atoms with Crippen LogP contribution in [0.15, 0.2) is 77.7 Å². The Balaban J connectivity index is 1.68. The molecule has 0 aliphatic rings. The van der Waals surface area contributed by atoms with Crippen LogP contribution in [0.5, 0.6) is 5.75 Å². The summed E-state index contributed by atoms with van der Waals surface area (Å²) in [5.74, 6) is -0.286. The summed E-state index contributed by atoms with van der Waals surface area (Å²) in [4.78, 5) is 14.6. The first-order valence-corrected chi connectivity index (χ1v) is 11.7. The molecular formula is C24H26FN3O4S. The molecule has 33 heavy (non-hydrogen) atoms. The minimum atomic E-state index is -4.00. The number of hydrogen-bond acceptors (Lipinski definition) is 5. The molecule has 3 aromatic carbocycles. The van der Waals surface area contributed by atoms with E-state index >= 15 is 0 Å². The summed E-state index contributed by atoms with van der Waals surface area (Å²) in [5, 5.41) is 2.89. The van der Waals surface area contributed by atoms with Crippen molar-refractivity contribution in [2.24, 2.45) is 0 Å². The van der Waals surface area contributed by atoms with Crippen molar-refractivity contribution in [2.45, 2.75) is 10.9 Å². The number of amides is 1. The van der Waals surface area contributed by atoms with Crippen LogP contribution in [-0.2, 0) is 10.0 Å². The first-order chi connectivity index (χ1) is 15.7. The van der Waals surface area contributed by atoms with Gasteiger partial charge in [0.2, 0.25) is 0 Å². The average Bonchev–Trinajstić information content (AvgIpc) is 2.80. The van der Waals surface area contributed by atoms with E-state index in [-0.39, 0.29) is 22.5 Å². The number of nitrogens with zero attached hydrogens (tertiary/aromatic N) is 1. The van der Waals surface area contributed by atoms with Crippen LogP contribution in [0.2, 0.25) is 0 Å². The number of hydrogen-bond donors (Lipinski definition) is 2. The van der Waals surface area contributed by atoms with Crippen molar-refractivity contribution >= 4 is 21.6 Å². The molecule has 3 rings (SSSR count). The molecule has 174 valence electrons. The maximum absolute atomic E-state index is 13.8. The second-order valence-corrected chi connectivity index (χ2v) is 9.26. The van der Waals surface area contributed by atoms with Gasteiger partial charge in [-0.05, 0) is 68.2 Å². The lowest BCUT2D eigenvalue weighted by atomic mass is 10.1. The number of rotatable bonds is 9. The van der Waals surface area contributed by atoms with E-state index in [0.717, 1.165) is 17.4 Å². The number of benzene rings is 3. The molecular weight excluding hydrogens is 445 g/mol. The predicted molar refractivity (Wildman–Crippen MR) is 125 cm³/mol. The first-order valence-electron chi connectivity index (χ1n) is 10.2. The fraction of sp³-hybridized carbons (Fsp3) is 0.208. The van der Waals surface area contributed by atoms with Gasteiger partial charge in [0.05, 0.1) is 23.7 Å². The fourth-order valence-corrected chi connectivity index (χ4v) is 4.34. The van der Waals surface area contributed by atoms with Gasteiger partial charge in [-0.2, -0.15) is 0 Å². The third-order valence-corrected chi connectivity index (χ3v) is 6.48. The lowest BCUT2D eigenvalue weighted by Gasteiger charge is -2.25. The topological polar surface area (TPSA) is 87.7 Å². The van der Waals surface area contributed by atoms with E-state index in [4.69, 9.17) is 4.74 Å². The summed E-state index contributed by atoms with van der Waals surface area (Å²) in [7, 11) is 1.43. The van der Waals surface area contributed by atoms with Crippen molar-refractivity contribution in [1.29, 1.82) is 0 Å². The van der Waals surface area contributed by atoms with Crippen LogP contribution >= 0.6 is 0 Å². The summed E-state index contributed by atoms with van der Waals surface area (Å²) in [6.45, 7) is 0.341. The van der Waals surface area contributed by atoms with Crippen LogP contribution < -0.4 is 14.8 Å². The quantitative estimate of drug-likeness (QED) is 0.497. The molecule has 0 saturated heterocycles. The van der Waals surface area contributed by atoms with Crippen LogP contribution in [-0.4, -0.2) is 47.0 Å². The minimum absolute atomic E-state index is 0.0788. The van der Waals surface area contributed by atoms with Gasteiger partial charge in [-0.25, -0.2) is 12.8 Å². The molecule has 1 atom stereocenters. The number of sulfonamides is 1. The highest BCUT2D eigenvalue weighted by atomic mass is 32.2. The monoisotopic (exact) mass is 471 g/mol. The number of ether oxygens (including phenoxy) is 1. The largest absolute Gasteiger partial charge is 0.497 e. The highest BCUT2D eigenvalue weighted by Gasteiger charge is 2.19. The zero-order chi connectivity index (χ0) is 24.0. The lowest BCUT2D eigenvalue weighted by molar-refractivity contribution is 0.0942. The first kappa shape index (κ1) is 24.2. The second kappa shape index (κ2) is 10.5. The van der Waals surface area contributed by atoms with Crippen molar-refractivity contribution in [3.8, 4) is 5.75 Å². The number of para-hydroxylation sites is 1. The predicted octanol–water partition coefficient (Wildman–Crippen LogP) is 3.67. The molecule has 0 radical (unpaired) electrons. The highest BCUT2D eigenvalue weighted by Crippen LogP contribution is 2.23. The van der Waals surface area contributed by atoms with Crippen molar-refractivity contribution in [2.75, 3.05) is 32.5 Å². The maximum atomic E-state index is 13.8. The Kier molecular flexibility index (Phi) is 7.67. The Morgan fingerprint density at radius 1 is 1.03 bits per heavy atom. The maximum Gasteiger partial charge on any atom is 0.261 e. The van der Waals surface area contributed by atoms with E-state index in [9.17, 15) is 17.6 Å². The van der Waals surface area contributed by atoms with Crippen LogP contribution in [0, 0.1) is 5.82 Å². The third kappa shape index (κ3) is 6.09. The molecule has 0 heterocycles. The molecule has 2 N–H and O–H groups in total. The van der Waals surface area contributed by atoms with Crippen LogP contribution in [0.4, 0.5) is 10.1 Å². The zero-order valence-electron chi connectivity index (χ0n) is 18.6. The zero-order valence-corrected chi connectivity index (χ0v) is 19.4. The standard InChI is InChI=1S/C24H26FN3O4S/c1-28(2)23(18-7-6-8-19(15-18)32-3)16-26-24(29)17-11-13-20(14-12-17)33(30,31)27-22-10-5-4-9-21(22)25/h4-15,23,27H,16H2,1-3H3,(H,26,29). The van der Waals surface area contributed by atoms with Crippen molar-refractivity contribution in [3.05, 3.63) is 89.7 Å². The van der Waals surface area contributed by atoms with Crippen molar-refractivity contribution in [1.82, 2.24) is 10.2 Å². The fourth-order valence-electron chi connectivity index (χ4n) is 3.27. The van der Waals surface area contributed by atoms with Crippen molar-refractivity contribution < 1.29 is 22.3 Å². The second-order valence-electron chi connectivity index (χ2n) is 7.58. The Morgan fingerprint density at radius 3 is 2.36 bits per heavy atom. The SMILES string of the molecule is COc1cccc(C(CNC(=O)c2ccc(S(=O)(=O)Nc3ccccc3F)cc2)N(C)C)c1. The molecule has 9 heteroatoms. The van der Waals surface area contributed by atoms with Gasteiger partial charge >= 0.3 is 0 Å². The van der Waals surface area contributed by atoms with Gasteiger partial charge in [0, 0.05) is 12.1 Å². The molecule has 0 aromatic heterocycles. The van der Waals surface area contributed by atoms with E-state index in [0.29, 0.717) is 12.1 Å². The van der Waals surface area contributed by atoms with Gasteiger partial charge in [0.25, 0.3) is 15.9 Å². The molecule has 0 saturated carbocycles. The van der Waals surface area contributed by atoms with Crippen LogP contribution in [0.3, 0.4) is 0 Å². The summed E-state index contributed by atoms with van der Waals surface area (Å²) in [6, 6.07) is 18.5. The van der Waals surface area contributed by atoms with Gasteiger partial charge in [-0.1, -0.05) is 24.3 Å². The Labute approximate surface area is 193 Å². The number of likely N-dealkylation sites (N-methyl/N-ethyl adjacent to an activating group) is 1. The number of nitrogens with one attached hydrogen (secondary N) is 2.